The Bertz CT molecular complexity index is 749. The highest BCUT2D eigenvalue weighted by Crippen LogP contribution is 2.62. The number of carbonyl (C=O) groups is 4. The fourth-order valence-corrected chi connectivity index (χ4v) is 5.51. The van der Waals surface area contributed by atoms with E-state index in [4.69, 9.17) is 14.2 Å². The van der Waals surface area contributed by atoms with Crippen molar-refractivity contribution in [1.82, 2.24) is 0 Å². The second kappa shape index (κ2) is 7.92. The molecule has 7 nitrogen and oxygen atoms in total. The maximum atomic E-state index is 13.0. The molecule has 3 aliphatic rings. The predicted molar refractivity (Wildman–Crippen MR) is 103 cm³/mol. The van der Waals surface area contributed by atoms with Gasteiger partial charge < -0.3 is 14.2 Å². The molecule has 0 amide bonds. The lowest BCUT2D eigenvalue weighted by atomic mass is 9.56. The molecule has 2 fully saturated rings. The molecule has 1 heterocycles. The number of hydrogen-bond acceptors (Lipinski definition) is 7. The van der Waals surface area contributed by atoms with Crippen molar-refractivity contribution in [2.75, 3.05) is 14.2 Å². The Morgan fingerprint density at radius 2 is 1.72 bits per heavy atom. The molecule has 0 saturated heterocycles. The average molecular weight is 406 g/mol. The van der Waals surface area contributed by atoms with Gasteiger partial charge in [-0.05, 0) is 25.2 Å². The standard InChI is InChI=1S/C22H30O7/c1-5-6-7-8-9-14-17-15(23)10-13-11-22(19(25)27-3,20(26)28-4)12-16(21(13,17)2)29-18(14)24/h13,16H,5-12H2,1-4H3/t13-,16+,21-/m0/s1. The van der Waals surface area contributed by atoms with Crippen LogP contribution >= 0.6 is 0 Å². The van der Waals surface area contributed by atoms with Crippen molar-refractivity contribution >= 4 is 23.7 Å². The van der Waals surface area contributed by atoms with Crippen LogP contribution in [0.2, 0.25) is 0 Å². The Balaban J connectivity index is 2.01. The van der Waals surface area contributed by atoms with Crippen LogP contribution in [-0.4, -0.2) is 44.0 Å². The number of hydrogen-bond donors (Lipinski definition) is 0. The third-order valence-corrected chi connectivity index (χ3v) is 7.13. The van der Waals surface area contributed by atoms with Gasteiger partial charge in [-0.3, -0.25) is 14.4 Å². The van der Waals surface area contributed by atoms with Crippen LogP contribution in [0.5, 0.6) is 0 Å². The summed E-state index contributed by atoms with van der Waals surface area (Å²) >= 11 is 0. The third-order valence-electron chi connectivity index (χ3n) is 7.13. The Labute approximate surface area is 171 Å². The molecule has 0 N–H and O–H groups in total. The summed E-state index contributed by atoms with van der Waals surface area (Å²) in [6.45, 7) is 4.05. The van der Waals surface area contributed by atoms with Gasteiger partial charge in [0.1, 0.15) is 6.10 Å². The van der Waals surface area contributed by atoms with E-state index in [2.05, 4.69) is 6.92 Å². The fourth-order valence-electron chi connectivity index (χ4n) is 5.51. The van der Waals surface area contributed by atoms with Crippen LogP contribution in [0.25, 0.3) is 0 Å². The van der Waals surface area contributed by atoms with Gasteiger partial charge in [-0.15, -0.1) is 0 Å². The minimum atomic E-state index is -1.56. The first-order chi connectivity index (χ1) is 13.8. The van der Waals surface area contributed by atoms with Crippen LogP contribution < -0.4 is 0 Å². The van der Waals surface area contributed by atoms with E-state index < -0.39 is 34.8 Å². The van der Waals surface area contributed by atoms with Crippen LogP contribution in [0, 0.1) is 16.7 Å². The van der Waals surface area contributed by atoms with E-state index in [1.807, 2.05) is 6.92 Å². The number of ether oxygens (including phenoxy) is 3. The van der Waals surface area contributed by atoms with Gasteiger partial charge in [0, 0.05) is 29.4 Å². The summed E-state index contributed by atoms with van der Waals surface area (Å²) in [7, 11) is 2.43. The Morgan fingerprint density at radius 3 is 2.31 bits per heavy atom. The topological polar surface area (TPSA) is 96.0 Å². The molecule has 0 radical (unpaired) electrons. The van der Waals surface area contributed by atoms with Gasteiger partial charge in [-0.25, -0.2) is 4.79 Å². The zero-order valence-electron chi connectivity index (χ0n) is 17.7. The number of carbonyl (C=O) groups excluding carboxylic acids is 4. The van der Waals surface area contributed by atoms with E-state index in [0.29, 0.717) is 17.6 Å². The molecular formula is C22H30O7. The highest BCUT2D eigenvalue weighted by atomic mass is 16.6. The van der Waals surface area contributed by atoms with Crippen molar-refractivity contribution in [2.24, 2.45) is 16.7 Å². The molecule has 0 aromatic heterocycles. The number of methoxy groups -OCH3 is 2. The summed E-state index contributed by atoms with van der Waals surface area (Å²) in [5.41, 5.74) is -1.21. The van der Waals surface area contributed by atoms with Crippen LogP contribution in [0.3, 0.4) is 0 Å². The van der Waals surface area contributed by atoms with Crippen LogP contribution in [0.4, 0.5) is 0 Å². The fraction of sp³-hybridized carbons (Fsp3) is 0.727. The molecule has 0 spiro atoms. The molecule has 0 aromatic rings. The number of rotatable bonds is 7. The lowest BCUT2D eigenvalue weighted by molar-refractivity contribution is -0.189. The first-order valence-corrected chi connectivity index (χ1v) is 10.4. The SMILES string of the molecule is CCCCCCC1=C2C(=O)C[C@H]3CC(C(=O)OC)(C(=O)OC)C[C@@H](OC1=O)[C@@]23C. The molecule has 160 valence electrons. The summed E-state index contributed by atoms with van der Waals surface area (Å²) in [5, 5.41) is 0. The third kappa shape index (κ3) is 3.19. The predicted octanol–water partition coefficient (Wildman–Crippen LogP) is 2.90. The first kappa shape index (κ1) is 21.5. The molecule has 2 saturated carbocycles. The molecule has 1 aliphatic heterocycles. The Morgan fingerprint density at radius 1 is 1.07 bits per heavy atom. The van der Waals surface area contributed by atoms with Gasteiger partial charge in [0.15, 0.2) is 11.2 Å². The number of esters is 3. The summed E-state index contributed by atoms with van der Waals surface area (Å²) in [4.78, 5) is 51.0. The number of unbranched alkanes of at least 4 members (excludes halogenated alkanes) is 3. The second-order valence-electron chi connectivity index (χ2n) is 8.64. The van der Waals surface area contributed by atoms with Crippen LogP contribution in [-0.2, 0) is 33.4 Å². The Hall–Kier alpha value is -2.18. The minimum Gasteiger partial charge on any atom is -0.468 e. The highest BCUT2D eigenvalue weighted by Gasteiger charge is 2.67. The molecule has 0 bridgehead atoms. The second-order valence-corrected chi connectivity index (χ2v) is 8.64. The maximum Gasteiger partial charge on any atom is 0.334 e. The van der Waals surface area contributed by atoms with Gasteiger partial charge in [-0.1, -0.05) is 33.1 Å². The average Bonchev–Trinajstić information content (AvgIpc) is 2.96. The normalized spacial score (nSPS) is 29.9. The molecular weight excluding hydrogens is 376 g/mol. The van der Waals surface area contributed by atoms with Crippen LogP contribution in [0.15, 0.2) is 11.1 Å². The molecule has 3 atom stereocenters. The smallest absolute Gasteiger partial charge is 0.334 e. The number of Topliss-reactive ketones (excluding diaryl/α,β-unsaturated/α-hetero) is 1. The largest absolute Gasteiger partial charge is 0.468 e. The molecule has 7 heteroatoms. The van der Waals surface area contributed by atoms with Crippen LogP contribution in [0.1, 0.15) is 65.2 Å². The van der Waals surface area contributed by atoms with Gasteiger partial charge in [0.2, 0.25) is 0 Å². The Kier molecular flexibility index (Phi) is 5.88. The maximum absolute atomic E-state index is 13.0. The highest BCUT2D eigenvalue weighted by molar-refractivity contribution is 6.09. The zero-order chi connectivity index (χ0) is 21.4. The van der Waals surface area contributed by atoms with E-state index in [9.17, 15) is 19.2 Å². The number of ketones is 1. The van der Waals surface area contributed by atoms with Crippen molar-refractivity contribution < 1.29 is 33.4 Å². The molecule has 29 heavy (non-hydrogen) atoms. The van der Waals surface area contributed by atoms with E-state index in [1.54, 1.807) is 0 Å². The van der Waals surface area contributed by atoms with E-state index in [0.717, 1.165) is 25.7 Å². The van der Waals surface area contributed by atoms with Crippen molar-refractivity contribution in [1.29, 1.82) is 0 Å². The van der Waals surface area contributed by atoms with Gasteiger partial charge in [0.05, 0.1) is 14.2 Å². The molecule has 0 aromatic carbocycles. The summed E-state index contributed by atoms with van der Waals surface area (Å²) in [6.07, 6.45) is 4.06. The first-order valence-electron chi connectivity index (χ1n) is 10.4. The lowest BCUT2D eigenvalue weighted by Crippen LogP contribution is -2.57. The van der Waals surface area contributed by atoms with Gasteiger partial charge in [-0.2, -0.15) is 0 Å². The van der Waals surface area contributed by atoms with Crippen molar-refractivity contribution in [3.63, 3.8) is 0 Å². The van der Waals surface area contributed by atoms with E-state index in [1.165, 1.54) is 14.2 Å². The van der Waals surface area contributed by atoms with E-state index in [-0.39, 0.29) is 31.0 Å². The van der Waals surface area contributed by atoms with Gasteiger partial charge in [0.25, 0.3) is 0 Å². The minimum absolute atomic E-state index is 0.0367. The monoisotopic (exact) mass is 406 g/mol. The van der Waals surface area contributed by atoms with Crippen molar-refractivity contribution in [2.45, 2.75) is 71.3 Å². The van der Waals surface area contributed by atoms with Gasteiger partial charge >= 0.3 is 17.9 Å². The zero-order valence-corrected chi connectivity index (χ0v) is 17.7. The molecule has 3 rings (SSSR count). The molecule has 0 unspecified atom stereocenters. The summed E-state index contributed by atoms with van der Waals surface area (Å²) in [5.74, 6) is -2.29. The summed E-state index contributed by atoms with van der Waals surface area (Å²) in [6, 6.07) is 0. The lowest BCUT2D eigenvalue weighted by Gasteiger charge is -2.50. The van der Waals surface area contributed by atoms with Crippen molar-refractivity contribution in [3.8, 4) is 0 Å². The quantitative estimate of drug-likeness (QED) is 0.278. The molecule has 2 aliphatic carbocycles. The van der Waals surface area contributed by atoms with E-state index >= 15 is 0 Å². The van der Waals surface area contributed by atoms with Crippen molar-refractivity contribution in [3.05, 3.63) is 11.1 Å². The summed E-state index contributed by atoms with van der Waals surface area (Å²) < 4.78 is 15.6.